The predicted octanol–water partition coefficient (Wildman–Crippen LogP) is 2.02. The highest BCUT2D eigenvalue weighted by Crippen LogP contribution is 2.10. The number of carbonyl (C=O) groups excluding carboxylic acids is 1. The molecule has 0 saturated carbocycles. The largest absolute Gasteiger partial charge is 0.340 e. The maximum atomic E-state index is 12.0. The van der Waals surface area contributed by atoms with Crippen molar-refractivity contribution in [1.29, 1.82) is 0 Å². The van der Waals surface area contributed by atoms with Crippen LogP contribution in [0.25, 0.3) is 0 Å². The third kappa shape index (κ3) is 3.86. The number of hydrogen-bond acceptors (Lipinski definition) is 2. The number of likely N-dealkylation sites (N-methyl/N-ethyl adjacent to an activating group) is 1. The zero-order valence-corrected chi connectivity index (χ0v) is 10.9. The first-order valence-corrected chi connectivity index (χ1v) is 6.10. The lowest BCUT2D eigenvalue weighted by molar-refractivity contribution is -0.132. The Morgan fingerprint density at radius 2 is 1.94 bits per heavy atom. The molecule has 0 bridgehead atoms. The van der Waals surface area contributed by atoms with Gasteiger partial charge in [-0.15, -0.1) is 0 Å². The normalized spacial score (nSPS) is 14.1. The smallest absolute Gasteiger partial charge is 0.239 e. The molecule has 0 fully saturated rings. The second-order valence-corrected chi connectivity index (χ2v) is 4.59. The van der Waals surface area contributed by atoms with Crippen LogP contribution in [0.3, 0.4) is 0 Å². The Hall–Kier alpha value is -1.35. The van der Waals surface area contributed by atoms with Crippen LogP contribution in [0.5, 0.6) is 0 Å². The summed E-state index contributed by atoms with van der Waals surface area (Å²) in [7, 11) is 1.80. The van der Waals surface area contributed by atoms with Gasteiger partial charge in [0.15, 0.2) is 0 Å². The fourth-order valence-corrected chi connectivity index (χ4v) is 1.69. The molecule has 2 atom stereocenters. The summed E-state index contributed by atoms with van der Waals surface area (Å²) in [6, 6.07) is 9.55. The van der Waals surface area contributed by atoms with Gasteiger partial charge in [0.25, 0.3) is 0 Å². The minimum atomic E-state index is -0.395. The first-order chi connectivity index (χ1) is 8.06. The topological polar surface area (TPSA) is 46.3 Å². The molecule has 3 nitrogen and oxygen atoms in total. The summed E-state index contributed by atoms with van der Waals surface area (Å²) in [5, 5.41) is 0. The summed E-state index contributed by atoms with van der Waals surface area (Å²) < 4.78 is 0. The van der Waals surface area contributed by atoms with E-state index in [-0.39, 0.29) is 11.8 Å². The van der Waals surface area contributed by atoms with Crippen molar-refractivity contribution < 1.29 is 4.79 Å². The van der Waals surface area contributed by atoms with Gasteiger partial charge < -0.3 is 10.6 Å². The van der Waals surface area contributed by atoms with Crippen molar-refractivity contribution in [2.45, 2.75) is 32.9 Å². The Balaban J connectivity index is 2.58. The average molecular weight is 234 g/mol. The van der Waals surface area contributed by atoms with Crippen molar-refractivity contribution in [3.63, 3.8) is 0 Å². The van der Waals surface area contributed by atoms with Crippen LogP contribution in [0.1, 0.15) is 25.8 Å². The maximum absolute atomic E-state index is 12.0. The molecule has 0 radical (unpaired) electrons. The molecule has 1 aromatic rings. The minimum absolute atomic E-state index is 0.0169. The lowest BCUT2D eigenvalue weighted by atomic mass is 9.99. The van der Waals surface area contributed by atoms with Crippen LogP contribution in [0, 0.1) is 5.92 Å². The van der Waals surface area contributed by atoms with Crippen LogP contribution in [0.15, 0.2) is 30.3 Å². The van der Waals surface area contributed by atoms with Gasteiger partial charge in [-0.25, -0.2) is 0 Å². The number of hydrogen-bond donors (Lipinski definition) is 1. The summed E-state index contributed by atoms with van der Waals surface area (Å²) in [5.41, 5.74) is 7.06. The number of benzene rings is 1. The van der Waals surface area contributed by atoms with E-state index in [0.717, 1.165) is 12.0 Å². The van der Waals surface area contributed by atoms with Crippen LogP contribution in [-0.4, -0.2) is 23.9 Å². The zero-order valence-electron chi connectivity index (χ0n) is 10.9. The molecular weight excluding hydrogens is 212 g/mol. The molecule has 0 unspecified atom stereocenters. The first kappa shape index (κ1) is 13.7. The van der Waals surface area contributed by atoms with Crippen molar-refractivity contribution in [3.05, 3.63) is 35.9 Å². The number of nitrogens with two attached hydrogens (primary N) is 1. The Bertz CT molecular complexity index is 350. The monoisotopic (exact) mass is 234 g/mol. The Labute approximate surface area is 104 Å². The highest BCUT2D eigenvalue weighted by molar-refractivity contribution is 5.81. The van der Waals surface area contributed by atoms with Crippen molar-refractivity contribution in [2.24, 2.45) is 11.7 Å². The first-order valence-electron chi connectivity index (χ1n) is 6.10. The van der Waals surface area contributed by atoms with E-state index in [0.29, 0.717) is 6.54 Å². The highest BCUT2D eigenvalue weighted by atomic mass is 16.2. The SMILES string of the molecule is CC[C@@H](C)[C@@H](N)C(=O)N(C)Cc1ccccc1. The van der Waals surface area contributed by atoms with Gasteiger partial charge in [-0.3, -0.25) is 4.79 Å². The van der Waals surface area contributed by atoms with Gasteiger partial charge in [0.2, 0.25) is 5.91 Å². The van der Waals surface area contributed by atoms with Crippen LogP contribution >= 0.6 is 0 Å². The van der Waals surface area contributed by atoms with Gasteiger partial charge in [0.05, 0.1) is 6.04 Å². The summed E-state index contributed by atoms with van der Waals surface area (Å²) in [6.07, 6.45) is 0.923. The lowest BCUT2D eigenvalue weighted by Gasteiger charge is -2.24. The van der Waals surface area contributed by atoms with Crippen LogP contribution in [0.4, 0.5) is 0 Å². The van der Waals surface area contributed by atoms with Gasteiger partial charge >= 0.3 is 0 Å². The molecule has 0 aromatic heterocycles. The van der Waals surface area contributed by atoms with Gasteiger partial charge in [-0.1, -0.05) is 50.6 Å². The van der Waals surface area contributed by atoms with E-state index in [1.807, 2.05) is 37.3 Å². The molecule has 1 rings (SSSR count). The molecule has 1 amide bonds. The minimum Gasteiger partial charge on any atom is -0.340 e. The van der Waals surface area contributed by atoms with Crippen molar-refractivity contribution in [3.8, 4) is 0 Å². The van der Waals surface area contributed by atoms with Crippen LogP contribution < -0.4 is 5.73 Å². The molecule has 0 spiro atoms. The van der Waals surface area contributed by atoms with E-state index >= 15 is 0 Å². The molecule has 94 valence electrons. The molecule has 0 aliphatic carbocycles. The van der Waals surface area contributed by atoms with Crippen molar-refractivity contribution >= 4 is 5.91 Å². The van der Waals surface area contributed by atoms with Gasteiger partial charge in [0.1, 0.15) is 0 Å². The highest BCUT2D eigenvalue weighted by Gasteiger charge is 2.22. The van der Waals surface area contributed by atoms with E-state index in [9.17, 15) is 4.79 Å². The molecule has 0 aliphatic rings. The quantitative estimate of drug-likeness (QED) is 0.847. The second kappa shape index (κ2) is 6.40. The molecule has 0 aliphatic heterocycles. The van der Waals surface area contributed by atoms with Gasteiger partial charge in [0, 0.05) is 13.6 Å². The van der Waals surface area contributed by atoms with Gasteiger partial charge in [-0.05, 0) is 11.5 Å². The van der Waals surface area contributed by atoms with E-state index < -0.39 is 6.04 Å². The Morgan fingerprint density at radius 3 is 2.47 bits per heavy atom. The van der Waals surface area contributed by atoms with E-state index in [1.54, 1.807) is 11.9 Å². The molecule has 3 heteroatoms. The van der Waals surface area contributed by atoms with E-state index in [2.05, 4.69) is 6.92 Å². The predicted molar refractivity (Wildman–Crippen MR) is 70.3 cm³/mol. The van der Waals surface area contributed by atoms with Crippen LogP contribution in [-0.2, 0) is 11.3 Å². The third-order valence-corrected chi connectivity index (χ3v) is 3.18. The van der Waals surface area contributed by atoms with E-state index in [1.165, 1.54) is 0 Å². The van der Waals surface area contributed by atoms with Crippen molar-refractivity contribution in [2.75, 3.05) is 7.05 Å². The third-order valence-electron chi connectivity index (χ3n) is 3.18. The summed E-state index contributed by atoms with van der Waals surface area (Å²) in [6.45, 7) is 4.68. The standard InChI is InChI=1S/C14H22N2O/c1-4-11(2)13(15)14(17)16(3)10-12-8-6-5-7-9-12/h5-9,11,13H,4,10,15H2,1-3H3/t11-,13-/m1/s1. The maximum Gasteiger partial charge on any atom is 0.239 e. The Kier molecular flexibility index (Phi) is 5.16. The average Bonchev–Trinajstić information content (AvgIpc) is 2.37. The number of carbonyl (C=O) groups is 1. The fourth-order valence-electron chi connectivity index (χ4n) is 1.69. The lowest BCUT2D eigenvalue weighted by Crippen LogP contribution is -2.45. The second-order valence-electron chi connectivity index (χ2n) is 4.59. The molecule has 17 heavy (non-hydrogen) atoms. The number of nitrogens with zero attached hydrogens (tertiary/aromatic N) is 1. The van der Waals surface area contributed by atoms with E-state index in [4.69, 9.17) is 5.73 Å². The van der Waals surface area contributed by atoms with Gasteiger partial charge in [-0.2, -0.15) is 0 Å². The summed E-state index contributed by atoms with van der Waals surface area (Å²) in [4.78, 5) is 13.7. The summed E-state index contributed by atoms with van der Waals surface area (Å²) >= 11 is 0. The molecule has 0 saturated heterocycles. The summed E-state index contributed by atoms with van der Waals surface area (Å²) in [5.74, 6) is 0.240. The molecule has 1 aromatic carbocycles. The fraction of sp³-hybridized carbons (Fsp3) is 0.500. The molecular formula is C14H22N2O. The molecule has 0 heterocycles. The van der Waals surface area contributed by atoms with Crippen LogP contribution in [0.2, 0.25) is 0 Å². The molecule has 2 N–H and O–H groups in total. The zero-order chi connectivity index (χ0) is 12.8. The van der Waals surface area contributed by atoms with Crippen molar-refractivity contribution in [1.82, 2.24) is 4.90 Å². The number of rotatable bonds is 5. The Morgan fingerprint density at radius 1 is 1.35 bits per heavy atom. The number of amides is 1.